The number of carbonyl (C=O) groups is 1. The number of hydrogen-bond acceptors (Lipinski definition) is 4. The Kier molecular flexibility index (Phi) is 4.11. The summed E-state index contributed by atoms with van der Waals surface area (Å²) >= 11 is 0. The van der Waals surface area contributed by atoms with E-state index in [1.54, 1.807) is 0 Å². The fraction of sp³-hybridized carbons (Fsp3) is 0.625. The van der Waals surface area contributed by atoms with Crippen molar-refractivity contribution < 1.29 is 4.79 Å². The average molecular weight is 184 g/mol. The molecule has 0 spiro atoms. The van der Waals surface area contributed by atoms with Gasteiger partial charge < -0.3 is 21.7 Å². The van der Waals surface area contributed by atoms with E-state index in [0.29, 0.717) is 19.5 Å². The molecule has 0 aliphatic carbocycles. The zero-order chi connectivity index (χ0) is 9.52. The van der Waals surface area contributed by atoms with Crippen molar-refractivity contribution in [3.05, 3.63) is 11.9 Å². The third kappa shape index (κ3) is 3.80. The highest BCUT2D eigenvalue weighted by atomic mass is 16.1. The lowest BCUT2D eigenvalue weighted by Crippen LogP contribution is -2.27. The molecule has 0 aromatic heterocycles. The normalized spacial score (nSPS) is 14.4. The molecule has 74 valence electrons. The Balaban J connectivity index is 2.03. The second kappa shape index (κ2) is 5.42. The molecule has 13 heavy (non-hydrogen) atoms. The van der Waals surface area contributed by atoms with Crippen LogP contribution < -0.4 is 21.7 Å². The summed E-state index contributed by atoms with van der Waals surface area (Å²) in [6.45, 7) is 1.86. The minimum absolute atomic E-state index is 0.0223. The van der Waals surface area contributed by atoms with E-state index in [2.05, 4.69) is 16.0 Å². The molecule has 1 heterocycles. The minimum atomic E-state index is 0.0223. The van der Waals surface area contributed by atoms with Gasteiger partial charge in [0, 0.05) is 37.8 Å². The molecule has 0 aromatic carbocycles. The lowest BCUT2D eigenvalue weighted by molar-refractivity contribution is -0.120. The van der Waals surface area contributed by atoms with Crippen molar-refractivity contribution in [1.82, 2.24) is 16.0 Å². The average Bonchev–Trinajstić information content (AvgIpc) is 2.57. The second-order valence-electron chi connectivity index (χ2n) is 2.87. The molecule has 0 saturated heterocycles. The van der Waals surface area contributed by atoms with Gasteiger partial charge in [0.15, 0.2) is 0 Å². The van der Waals surface area contributed by atoms with Crippen LogP contribution in [0.1, 0.15) is 12.8 Å². The molecule has 5 heteroatoms. The molecule has 1 aliphatic rings. The SMILES string of the molecule is NCCC(=O)NCCC1=CNCN1. The number of hydrogen-bond donors (Lipinski definition) is 4. The van der Waals surface area contributed by atoms with Crippen LogP contribution in [0, 0.1) is 0 Å². The van der Waals surface area contributed by atoms with Gasteiger partial charge in [-0.15, -0.1) is 0 Å². The highest BCUT2D eigenvalue weighted by Gasteiger charge is 2.03. The first-order valence-corrected chi connectivity index (χ1v) is 4.46. The quantitative estimate of drug-likeness (QED) is 0.434. The van der Waals surface area contributed by atoms with Gasteiger partial charge in [0.1, 0.15) is 0 Å². The predicted molar refractivity (Wildman–Crippen MR) is 50.5 cm³/mol. The first-order chi connectivity index (χ1) is 6.33. The van der Waals surface area contributed by atoms with Gasteiger partial charge in [0.2, 0.25) is 5.91 Å². The number of amides is 1. The Morgan fingerprint density at radius 2 is 2.54 bits per heavy atom. The maximum atomic E-state index is 11.0. The van der Waals surface area contributed by atoms with E-state index in [0.717, 1.165) is 18.8 Å². The molecule has 0 saturated carbocycles. The topological polar surface area (TPSA) is 79.2 Å². The third-order valence-electron chi connectivity index (χ3n) is 1.78. The van der Waals surface area contributed by atoms with Crippen molar-refractivity contribution in [2.24, 2.45) is 5.73 Å². The molecular formula is C8H16N4O. The monoisotopic (exact) mass is 184 g/mol. The Labute approximate surface area is 77.7 Å². The summed E-state index contributed by atoms with van der Waals surface area (Å²) in [5.41, 5.74) is 6.36. The molecule has 1 amide bonds. The standard InChI is InChI=1S/C8H16N4O/c9-3-1-8(13)11-4-2-7-5-10-6-12-7/h5,10,12H,1-4,6,9H2,(H,11,13). The number of rotatable bonds is 5. The molecule has 0 aromatic rings. The van der Waals surface area contributed by atoms with Gasteiger partial charge in [-0.25, -0.2) is 0 Å². The molecule has 0 unspecified atom stereocenters. The lowest BCUT2D eigenvalue weighted by atomic mass is 10.3. The van der Waals surface area contributed by atoms with E-state index in [1.807, 2.05) is 6.20 Å². The van der Waals surface area contributed by atoms with Crippen LogP contribution in [0.25, 0.3) is 0 Å². The molecule has 0 radical (unpaired) electrons. The van der Waals surface area contributed by atoms with Gasteiger partial charge in [-0.3, -0.25) is 4.79 Å². The molecule has 1 aliphatic heterocycles. The first kappa shape index (κ1) is 9.85. The van der Waals surface area contributed by atoms with Crippen molar-refractivity contribution in [3.8, 4) is 0 Å². The Hall–Kier alpha value is -1.23. The fourth-order valence-corrected chi connectivity index (χ4v) is 1.11. The van der Waals surface area contributed by atoms with Gasteiger partial charge in [0.25, 0.3) is 0 Å². The summed E-state index contributed by atoms with van der Waals surface area (Å²) < 4.78 is 0. The molecule has 5 N–H and O–H groups in total. The van der Waals surface area contributed by atoms with E-state index < -0.39 is 0 Å². The Morgan fingerprint density at radius 3 is 3.15 bits per heavy atom. The van der Waals surface area contributed by atoms with Crippen LogP contribution in [0.2, 0.25) is 0 Å². The highest BCUT2D eigenvalue weighted by molar-refractivity contribution is 5.75. The van der Waals surface area contributed by atoms with Crippen LogP contribution >= 0.6 is 0 Å². The smallest absolute Gasteiger partial charge is 0.221 e. The number of nitrogens with one attached hydrogen (secondary N) is 3. The number of nitrogens with two attached hydrogens (primary N) is 1. The molecular weight excluding hydrogens is 168 g/mol. The van der Waals surface area contributed by atoms with Crippen LogP contribution in [0.5, 0.6) is 0 Å². The maximum absolute atomic E-state index is 11.0. The lowest BCUT2D eigenvalue weighted by Gasteiger charge is -2.04. The molecule has 0 fully saturated rings. The van der Waals surface area contributed by atoms with Gasteiger partial charge in [-0.1, -0.05) is 0 Å². The van der Waals surface area contributed by atoms with Crippen LogP contribution in [-0.2, 0) is 4.79 Å². The minimum Gasteiger partial charge on any atom is -0.372 e. The summed E-state index contributed by atoms with van der Waals surface area (Å²) in [4.78, 5) is 11.0. The molecule has 5 nitrogen and oxygen atoms in total. The summed E-state index contributed by atoms with van der Waals surface area (Å²) in [5, 5.41) is 8.95. The van der Waals surface area contributed by atoms with E-state index in [1.165, 1.54) is 0 Å². The van der Waals surface area contributed by atoms with Crippen molar-refractivity contribution >= 4 is 5.91 Å². The summed E-state index contributed by atoms with van der Waals surface area (Å²) in [5.74, 6) is 0.0223. The van der Waals surface area contributed by atoms with E-state index in [4.69, 9.17) is 5.73 Å². The van der Waals surface area contributed by atoms with Crippen LogP contribution in [0.15, 0.2) is 11.9 Å². The molecule has 0 atom stereocenters. The Bertz CT molecular complexity index is 202. The zero-order valence-electron chi connectivity index (χ0n) is 7.60. The molecule has 1 rings (SSSR count). The summed E-state index contributed by atoms with van der Waals surface area (Å²) in [6, 6.07) is 0. The first-order valence-electron chi connectivity index (χ1n) is 4.46. The van der Waals surface area contributed by atoms with Crippen molar-refractivity contribution in [1.29, 1.82) is 0 Å². The zero-order valence-corrected chi connectivity index (χ0v) is 7.60. The van der Waals surface area contributed by atoms with Crippen molar-refractivity contribution in [3.63, 3.8) is 0 Å². The van der Waals surface area contributed by atoms with Crippen LogP contribution in [0.3, 0.4) is 0 Å². The van der Waals surface area contributed by atoms with Gasteiger partial charge in [-0.05, 0) is 0 Å². The largest absolute Gasteiger partial charge is 0.372 e. The van der Waals surface area contributed by atoms with Gasteiger partial charge in [-0.2, -0.15) is 0 Å². The highest BCUT2D eigenvalue weighted by Crippen LogP contribution is 1.96. The van der Waals surface area contributed by atoms with Gasteiger partial charge in [0.05, 0.1) is 6.67 Å². The molecule has 0 bridgehead atoms. The third-order valence-corrected chi connectivity index (χ3v) is 1.78. The Morgan fingerprint density at radius 1 is 1.69 bits per heavy atom. The van der Waals surface area contributed by atoms with E-state index >= 15 is 0 Å². The van der Waals surface area contributed by atoms with Gasteiger partial charge >= 0.3 is 0 Å². The number of carbonyl (C=O) groups excluding carboxylic acids is 1. The van der Waals surface area contributed by atoms with E-state index in [-0.39, 0.29) is 5.91 Å². The van der Waals surface area contributed by atoms with Crippen molar-refractivity contribution in [2.75, 3.05) is 19.8 Å². The summed E-state index contributed by atoms with van der Waals surface area (Å²) in [6.07, 6.45) is 3.17. The summed E-state index contributed by atoms with van der Waals surface area (Å²) in [7, 11) is 0. The second-order valence-corrected chi connectivity index (χ2v) is 2.87. The van der Waals surface area contributed by atoms with Crippen molar-refractivity contribution in [2.45, 2.75) is 12.8 Å². The van der Waals surface area contributed by atoms with Crippen LogP contribution in [0.4, 0.5) is 0 Å². The van der Waals surface area contributed by atoms with E-state index in [9.17, 15) is 4.79 Å². The predicted octanol–water partition coefficient (Wildman–Crippen LogP) is -1.17. The van der Waals surface area contributed by atoms with Crippen LogP contribution in [-0.4, -0.2) is 25.7 Å². The fourth-order valence-electron chi connectivity index (χ4n) is 1.11. The maximum Gasteiger partial charge on any atom is 0.221 e.